The quantitative estimate of drug-likeness (QED) is 0.465. The minimum Gasteiger partial charge on any atom is -0.147 e. The fraction of sp³-hybridized carbons (Fsp3) is 0.556. The van der Waals surface area contributed by atoms with Crippen molar-refractivity contribution in [3.63, 3.8) is 0 Å². The summed E-state index contributed by atoms with van der Waals surface area (Å²) in [5.74, 6) is 0. The van der Waals surface area contributed by atoms with E-state index in [1.807, 2.05) is 7.76 Å². The second-order valence-electron chi connectivity index (χ2n) is 6.36. The van der Waals surface area contributed by atoms with Crippen LogP contribution in [0.15, 0.2) is 42.2 Å². The van der Waals surface area contributed by atoms with Crippen LogP contribution >= 0.6 is 24.8 Å². The molecule has 22 heavy (non-hydrogen) atoms. The number of hydrogen-bond donors (Lipinski definition) is 0. The second kappa shape index (κ2) is 9.69. The molecule has 0 heterocycles. The van der Waals surface area contributed by atoms with E-state index in [2.05, 4.69) is 52.9 Å². The van der Waals surface area contributed by atoms with Gasteiger partial charge in [0.05, 0.1) is 0 Å². The maximum atomic E-state index is 2.56. The van der Waals surface area contributed by atoms with E-state index in [0.29, 0.717) is 0 Å². The fourth-order valence-electron chi connectivity index (χ4n) is 3.43. The molecule has 0 aromatic carbocycles. The number of allylic oxidation sites excluding steroid dienone is 8. The Balaban J connectivity index is 0.00000220. The number of rotatable bonds is 4. The second-order valence-corrected chi connectivity index (χ2v) is 18.2. The van der Waals surface area contributed by atoms with Gasteiger partial charge in [0.1, 0.15) is 0 Å². The van der Waals surface area contributed by atoms with Gasteiger partial charge < -0.3 is 0 Å². The molecular weight excluding hydrogens is 363 g/mol. The molecule has 2 aliphatic carbocycles. The van der Waals surface area contributed by atoms with E-state index in [-0.39, 0.29) is 31.0 Å². The maximum Gasteiger partial charge on any atom is -0.147 e. The van der Waals surface area contributed by atoms with E-state index in [9.17, 15) is 0 Å². The minimum absolute atomic E-state index is 0. The first-order valence-electron chi connectivity index (χ1n) is 7.94. The Morgan fingerprint density at radius 2 is 1.23 bits per heavy atom. The summed E-state index contributed by atoms with van der Waals surface area (Å²) in [5, 5.41) is 0. The molecule has 0 bridgehead atoms. The van der Waals surface area contributed by atoms with E-state index in [0.717, 1.165) is 0 Å². The number of halogens is 2. The molecule has 0 fully saturated rings. The summed E-state index contributed by atoms with van der Waals surface area (Å²) in [7, 11) is 0. The van der Waals surface area contributed by atoms with Crippen molar-refractivity contribution in [3.8, 4) is 0 Å². The molecule has 0 nitrogen and oxygen atoms in total. The smallest absolute Gasteiger partial charge is 0.147 e. The van der Waals surface area contributed by atoms with Crippen LogP contribution in [-0.4, -0.2) is 6.19 Å². The Hall–Kier alpha value is 0.471. The van der Waals surface area contributed by atoms with Gasteiger partial charge in [0.2, 0.25) is 0 Å². The summed E-state index contributed by atoms with van der Waals surface area (Å²) in [6.45, 7) is 14.5. The van der Waals surface area contributed by atoms with Gasteiger partial charge in [0.25, 0.3) is 0 Å². The van der Waals surface area contributed by atoms with E-state index < -0.39 is 16.6 Å². The van der Waals surface area contributed by atoms with E-state index >= 15 is 0 Å². The predicted molar refractivity (Wildman–Crippen MR) is 103 cm³/mol. The van der Waals surface area contributed by atoms with Gasteiger partial charge in [0, 0.05) is 0 Å². The van der Waals surface area contributed by atoms with Crippen LogP contribution in [0.3, 0.4) is 0 Å². The van der Waals surface area contributed by atoms with E-state index in [1.165, 1.54) is 25.7 Å². The Morgan fingerprint density at radius 1 is 0.864 bits per heavy atom. The molecule has 0 aliphatic heterocycles. The van der Waals surface area contributed by atoms with E-state index in [1.54, 1.807) is 22.3 Å². The third-order valence-corrected chi connectivity index (χ3v) is 16.5. The summed E-state index contributed by atoms with van der Waals surface area (Å²) in [4.78, 5) is 0. The molecule has 0 atom stereocenters. The Kier molecular flexibility index (Phi) is 9.90. The molecular formula is C18H30Cl2SiTi. The molecule has 4 heteroatoms. The molecule has 0 N–H and O–H groups in total. The van der Waals surface area contributed by atoms with Crippen LogP contribution in [0, 0.1) is 0 Å². The summed E-state index contributed by atoms with van der Waals surface area (Å²) in [6.07, 6.45) is 9.89. The largest absolute Gasteiger partial charge is 0.147 e. The SMILES string of the molecule is CCC1=CC(C)=[C]([Ti]([C]2=C(C)C=C(CC)C2)=[Si](C)C)C1.Cl.Cl. The van der Waals surface area contributed by atoms with Gasteiger partial charge in [-0.1, -0.05) is 0 Å². The van der Waals surface area contributed by atoms with Gasteiger partial charge >= 0.3 is 131 Å². The van der Waals surface area contributed by atoms with Gasteiger partial charge in [-0.25, -0.2) is 0 Å². The first-order chi connectivity index (χ1) is 9.47. The molecule has 124 valence electrons. The normalized spacial score (nSPS) is 17.0. The van der Waals surface area contributed by atoms with Gasteiger partial charge in [-0.05, 0) is 0 Å². The first kappa shape index (κ1) is 22.5. The third-order valence-electron chi connectivity index (χ3n) is 4.61. The molecule has 0 aromatic heterocycles. The van der Waals surface area contributed by atoms with E-state index in [4.69, 9.17) is 0 Å². The van der Waals surface area contributed by atoms with Crippen LogP contribution in [0.25, 0.3) is 0 Å². The van der Waals surface area contributed by atoms with Crippen molar-refractivity contribution in [1.82, 2.24) is 0 Å². The first-order valence-corrected chi connectivity index (χ1v) is 14.3. The zero-order valence-electron chi connectivity index (χ0n) is 14.8. The number of hydrogen-bond acceptors (Lipinski definition) is 0. The van der Waals surface area contributed by atoms with Crippen molar-refractivity contribution >= 4 is 31.0 Å². The van der Waals surface area contributed by atoms with Crippen molar-refractivity contribution < 1.29 is 16.6 Å². The van der Waals surface area contributed by atoms with Crippen LogP contribution in [0.5, 0.6) is 0 Å². The molecule has 0 spiro atoms. The standard InChI is InChI=1S/2C8H11.C2H6Si.2ClH.Ti/c2*1-3-8-5-4-7(2)6-8;1-3-2;;;/h2*6H,3,5H2,1-2H3;1-2H3;2*1H;. The average Bonchev–Trinajstić information content (AvgIpc) is 2.94. The minimum atomic E-state index is -1.20. The van der Waals surface area contributed by atoms with Gasteiger partial charge in [-0.15, -0.1) is 24.8 Å². The zero-order chi connectivity index (χ0) is 14.9. The predicted octanol–water partition coefficient (Wildman–Crippen LogP) is 6.73. The van der Waals surface area contributed by atoms with Gasteiger partial charge in [-0.2, -0.15) is 0 Å². The summed E-state index contributed by atoms with van der Waals surface area (Å²) < 4.78 is 3.81. The molecule has 0 saturated carbocycles. The fourth-order valence-corrected chi connectivity index (χ4v) is 15.9. The van der Waals surface area contributed by atoms with Crippen LogP contribution in [-0.2, 0) is 16.6 Å². The third kappa shape index (κ3) is 4.74. The molecule has 2 aliphatic rings. The maximum absolute atomic E-state index is 2.56. The summed E-state index contributed by atoms with van der Waals surface area (Å²) in [6, 6.07) is 0. The molecule has 0 unspecified atom stereocenters. The molecule has 0 amide bonds. The molecule has 0 radical (unpaired) electrons. The Labute approximate surface area is 155 Å². The van der Waals surface area contributed by atoms with Crippen LogP contribution in [0.1, 0.15) is 53.4 Å². The zero-order valence-corrected chi connectivity index (χ0v) is 19.0. The summed E-state index contributed by atoms with van der Waals surface area (Å²) >= 11 is -1.20. The van der Waals surface area contributed by atoms with Crippen LogP contribution in [0.2, 0.25) is 13.1 Å². The molecule has 0 saturated heterocycles. The van der Waals surface area contributed by atoms with Gasteiger partial charge in [0.15, 0.2) is 0 Å². The topological polar surface area (TPSA) is 0 Å². The Morgan fingerprint density at radius 3 is 1.45 bits per heavy atom. The monoisotopic (exact) mass is 392 g/mol. The van der Waals surface area contributed by atoms with Crippen molar-refractivity contribution in [2.75, 3.05) is 0 Å². The Bertz CT molecular complexity index is 542. The molecule has 2 rings (SSSR count). The molecule has 0 aromatic rings. The van der Waals surface area contributed by atoms with Crippen molar-refractivity contribution in [3.05, 3.63) is 42.2 Å². The van der Waals surface area contributed by atoms with Crippen LogP contribution < -0.4 is 0 Å². The van der Waals surface area contributed by atoms with Crippen molar-refractivity contribution in [2.24, 2.45) is 0 Å². The average molecular weight is 393 g/mol. The van der Waals surface area contributed by atoms with Crippen molar-refractivity contribution in [2.45, 2.75) is 66.5 Å². The van der Waals surface area contributed by atoms with Crippen molar-refractivity contribution in [1.29, 1.82) is 0 Å². The van der Waals surface area contributed by atoms with Crippen LogP contribution in [0.4, 0.5) is 0 Å². The van der Waals surface area contributed by atoms with Gasteiger partial charge in [-0.3, -0.25) is 0 Å². The summed E-state index contributed by atoms with van der Waals surface area (Å²) in [5.41, 5.74) is 6.61.